The van der Waals surface area contributed by atoms with Crippen molar-refractivity contribution in [2.45, 2.75) is 59.0 Å². The average Bonchev–Trinajstić information content (AvgIpc) is 2.26. The molecular formula is C12H26N2O4S. The van der Waals surface area contributed by atoms with E-state index in [9.17, 15) is 13.2 Å². The summed E-state index contributed by atoms with van der Waals surface area (Å²) in [7, 11) is -1.92. The first-order valence-corrected chi connectivity index (χ1v) is 8.00. The Morgan fingerprint density at radius 3 is 2.16 bits per heavy atom. The van der Waals surface area contributed by atoms with Crippen molar-refractivity contribution in [3.05, 3.63) is 0 Å². The van der Waals surface area contributed by atoms with Crippen LogP contribution < -0.4 is 4.72 Å². The molecule has 0 bridgehead atoms. The molecule has 114 valence electrons. The summed E-state index contributed by atoms with van der Waals surface area (Å²) in [4.78, 5) is 10.6. The maximum atomic E-state index is 11.9. The number of carboxylic acid groups (broad SMARTS) is 1. The van der Waals surface area contributed by atoms with Gasteiger partial charge in [0.05, 0.1) is 5.92 Å². The van der Waals surface area contributed by atoms with Gasteiger partial charge in [0.1, 0.15) is 0 Å². The highest BCUT2D eigenvalue weighted by atomic mass is 32.2. The van der Waals surface area contributed by atoms with Crippen LogP contribution in [0.1, 0.15) is 47.0 Å². The van der Waals surface area contributed by atoms with Crippen LogP contribution in [0.5, 0.6) is 0 Å². The Balaban J connectivity index is 4.18. The van der Waals surface area contributed by atoms with Crippen LogP contribution in [0.25, 0.3) is 0 Å². The molecule has 0 rings (SSSR count). The monoisotopic (exact) mass is 294 g/mol. The van der Waals surface area contributed by atoms with E-state index in [0.29, 0.717) is 19.3 Å². The van der Waals surface area contributed by atoms with E-state index in [-0.39, 0.29) is 18.0 Å². The SMILES string of the molecule is CC(CCCC(C)C(=O)O)NS(=O)(=O)N(C)C(C)C. The second-order valence-corrected chi connectivity index (χ2v) is 7.07. The molecule has 2 atom stereocenters. The summed E-state index contributed by atoms with van der Waals surface area (Å²) >= 11 is 0. The van der Waals surface area contributed by atoms with Crippen molar-refractivity contribution < 1.29 is 18.3 Å². The lowest BCUT2D eigenvalue weighted by Gasteiger charge is -2.24. The number of carbonyl (C=O) groups is 1. The third-order valence-corrected chi connectivity index (χ3v) is 5.03. The maximum absolute atomic E-state index is 11.9. The van der Waals surface area contributed by atoms with Crippen LogP contribution in [0.3, 0.4) is 0 Å². The molecule has 6 nitrogen and oxygen atoms in total. The average molecular weight is 294 g/mol. The molecule has 0 heterocycles. The van der Waals surface area contributed by atoms with E-state index in [1.807, 2.05) is 0 Å². The molecule has 0 saturated heterocycles. The summed E-state index contributed by atoms with van der Waals surface area (Å²) in [6.45, 7) is 7.05. The quantitative estimate of drug-likeness (QED) is 0.673. The Labute approximate surface area is 116 Å². The first-order chi connectivity index (χ1) is 8.58. The molecule has 0 aromatic rings. The van der Waals surface area contributed by atoms with Crippen molar-refractivity contribution in [2.24, 2.45) is 5.92 Å². The number of rotatable bonds is 9. The normalized spacial score (nSPS) is 15.7. The maximum Gasteiger partial charge on any atom is 0.306 e. The van der Waals surface area contributed by atoms with E-state index in [2.05, 4.69) is 4.72 Å². The van der Waals surface area contributed by atoms with Gasteiger partial charge in [-0.15, -0.1) is 0 Å². The van der Waals surface area contributed by atoms with E-state index >= 15 is 0 Å². The van der Waals surface area contributed by atoms with Gasteiger partial charge in [-0.1, -0.05) is 13.3 Å². The molecule has 0 aliphatic rings. The van der Waals surface area contributed by atoms with E-state index in [4.69, 9.17) is 5.11 Å². The second-order valence-electron chi connectivity index (χ2n) is 5.30. The zero-order valence-electron chi connectivity index (χ0n) is 12.4. The van der Waals surface area contributed by atoms with Crippen molar-refractivity contribution in [3.8, 4) is 0 Å². The van der Waals surface area contributed by atoms with Crippen LogP contribution in [0, 0.1) is 5.92 Å². The second kappa shape index (κ2) is 7.81. The molecule has 0 aromatic heterocycles. The van der Waals surface area contributed by atoms with Gasteiger partial charge < -0.3 is 5.11 Å². The Morgan fingerprint density at radius 2 is 1.74 bits per heavy atom. The summed E-state index contributed by atoms with van der Waals surface area (Å²) in [5.41, 5.74) is 0. The number of nitrogens with one attached hydrogen (secondary N) is 1. The first-order valence-electron chi connectivity index (χ1n) is 6.56. The molecule has 0 spiro atoms. The fourth-order valence-electron chi connectivity index (χ4n) is 1.53. The molecule has 7 heteroatoms. The molecule has 0 amide bonds. The fourth-order valence-corrected chi connectivity index (χ4v) is 2.88. The lowest BCUT2D eigenvalue weighted by atomic mass is 10.0. The van der Waals surface area contributed by atoms with Gasteiger partial charge >= 0.3 is 5.97 Å². The topological polar surface area (TPSA) is 86.7 Å². The predicted molar refractivity (Wildman–Crippen MR) is 75.1 cm³/mol. The third-order valence-electron chi connectivity index (χ3n) is 3.15. The molecular weight excluding hydrogens is 268 g/mol. The largest absolute Gasteiger partial charge is 0.481 e. The van der Waals surface area contributed by atoms with Crippen molar-refractivity contribution in [2.75, 3.05) is 7.05 Å². The molecule has 0 radical (unpaired) electrons. The Bertz CT molecular complexity index is 381. The summed E-state index contributed by atoms with van der Waals surface area (Å²) in [5.74, 6) is -1.20. The fraction of sp³-hybridized carbons (Fsp3) is 0.917. The number of hydrogen-bond donors (Lipinski definition) is 2. The first kappa shape index (κ1) is 18.3. The van der Waals surface area contributed by atoms with E-state index in [1.165, 1.54) is 11.4 Å². The molecule has 0 saturated carbocycles. The van der Waals surface area contributed by atoms with Crippen LogP contribution in [0.15, 0.2) is 0 Å². The Hall–Kier alpha value is -0.660. The lowest BCUT2D eigenvalue weighted by Crippen LogP contribution is -2.45. The van der Waals surface area contributed by atoms with Gasteiger partial charge in [-0.05, 0) is 33.6 Å². The van der Waals surface area contributed by atoms with Crippen LogP contribution in [0.2, 0.25) is 0 Å². The highest BCUT2D eigenvalue weighted by Crippen LogP contribution is 2.11. The zero-order valence-corrected chi connectivity index (χ0v) is 13.2. The minimum Gasteiger partial charge on any atom is -0.481 e. The standard InChI is InChI=1S/C12H26N2O4S/c1-9(2)14(5)19(17,18)13-11(4)8-6-7-10(3)12(15)16/h9-11,13H,6-8H2,1-5H3,(H,15,16). The van der Waals surface area contributed by atoms with Crippen molar-refractivity contribution >= 4 is 16.2 Å². The van der Waals surface area contributed by atoms with Crippen molar-refractivity contribution in [3.63, 3.8) is 0 Å². The van der Waals surface area contributed by atoms with E-state index in [1.54, 1.807) is 27.7 Å². The molecule has 0 aliphatic carbocycles. The predicted octanol–water partition coefficient (Wildman–Crippen LogP) is 1.44. The van der Waals surface area contributed by atoms with Crippen LogP contribution in [-0.2, 0) is 15.0 Å². The summed E-state index contributed by atoms with van der Waals surface area (Å²) < 4.78 is 27.7. The summed E-state index contributed by atoms with van der Waals surface area (Å²) in [6.07, 6.45) is 1.87. The Morgan fingerprint density at radius 1 is 1.21 bits per heavy atom. The molecule has 0 aliphatic heterocycles. The highest BCUT2D eigenvalue weighted by molar-refractivity contribution is 7.87. The Kier molecular flexibility index (Phi) is 7.54. The number of hydrogen-bond acceptors (Lipinski definition) is 3. The van der Waals surface area contributed by atoms with Crippen molar-refractivity contribution in [1.82, 2.24) is 9.03 Å². The molecule has 0 fully saturated rings. The third kappa shape index (κ3) is 6.89. The molecule has 19 heavy (non-hydrogen) atoms. The minimum absolute atomic E-state index is 0.100. The van der Waals surface area contributed by atoms with Crippen LogP contribution in [0.4, 0.5) is 0 Å². The van der Waals surface area contributed by atoms with Crippen molar-refractivity contribution in [1.29, 1.82) is 0 Å². The van der Waals surface area contributed by atoms with Gasteiger partial charge in [-0.2, -0.15) is 17.4 Å². The van der Waals surface area contributed by atoms with Crippen LogP contribution in [-0.4, -0.2) is 42.9 Å². The van der Waals surface area contributed by atoms with Gasteiger partial charge in [0.2, 0.25) is 0 Å². The molecule has 2 N–H and O–H groups in total. The number of nitrogens with zero attached hydrogens (tertiary/aromatic N) is 1. The number of carboxylic acids is 1. The zero-order chi connectivity index (χ0) is 15.2. The van der Waals surface area contributed by atoms with Crippen LogP contribution >= 0.6 is 0 Å². The molecule has 0 aromatic carbocycles. The van der Waals surface area contributed by atoms with E-state index in [0.717, 1.165) is 0 Å². The van der Waals surface area contributed by atoms with Gasteiger partial charge in [0, 0.05) is 19.1 Å². The van der Waals surface area contributed by atoms with Gasteiger partial charge in [0.15, 0.2) is 0 Å². The minimum atomic E-state index is -3.46. The van der Waals surface area contributed by atoms with Gasteiger partial charge in [0.25, 0.3) is 10.2 Å². The van der Waals surface area contributed by atoms with E-state index < -0.39 is 16.2 Å². The highest BCUT2D eigenvalue weighted by Gasteiger charge is 2.22. The number of aliphatic carboxylic acids is 1. The summed E-state index contributed by atoms with van der Waals surface area (Å²) in [5, 5.41) is 8.75. The summed E-state index contributed by atoms with van der Waals surface area (Å²) in [6, 6.07) is -0.302. The van der Waals surface area contributed by atoms with Gasteiger partial charge in [-0.3, -0.25) is 4.79 Å². The van der Waals surface area contributed by atoms with Gasteiger partial charge in [-0.25, -0.2) is 0 Å². The lowest BCUT2D eigenvalue weighted by molar-refractivity contribution is -0.141. The smallest absolute Gasteiger partial charge is 0.306 e. The molecule has 2 unspecified atom stereocenters.